The lowest BCUT2D eigenvalue weighted by Gasteiger charge is -2.11. The minimum absolute atomic E-state index is 0.0602. The Labute approximate surface area is 88.5 Å². The smallest absolute Gasteiger partial charge is 0.307 e. The largest absolute Gasteiger partial charge is 0.481 e. The highest BCUT2D eigenvalue weighted by molar-refractivity contribution is 5.82. The lowest BCUT2D eigenvalue weighted by molar-refractivity contribution is -0.144. The monoisotopic (exact) mass is 218 g/mol. The lowest BCUT2D eigenvalue weighted by atomic mass is 9.99. The average Bonchev–Trinajstić information content (AvgIpc) is 2.20. The number of carboxylic acids is 1. The minimum atomic E-state index is -0.984. The first kappa shape index (κ1) is 13.9. The molecule has 0 radical (unpaired) electrons. The Hall–Kier alpha value is -1.14. The van der Waals surface area contributed by atoms with Crippen molar-refractivity contribution in [1.82, 2.24) is 5.32 Å². The summed E-state index contributed by atoms with van der Waals surface area (Å²) in [4.78, 5) is 21.9. The molecule has 0 bridgehead atoms. The zero-order chi connectivity index (χ0) is 11.7. The van der Waals surface area contributed by atoms with Crippen LogP contribution < -0.4 is 11.1 Å². The Morgan fingerprint density at radius 1 is 1.40 bits per heavy atom. The fraction of sp³-hybridized carbons (Fsp3) is 0.778. The summed E-state index contributed by atoms with van der Waals surface area (Å²) in [7, 11) is 0. The van der Waals surface area contributed by atoms with E-state index in [4.69, 9.17) is 15.9 Å². The van der Waals surface area contributed by atoms with Crippen LogP contribution in [0.5, 0.6) is 0 Å². The van der Waals surface area contributed by atoms with Gasteiger partial charge in [0.05, 0.1) is 12.5 Å². The molecule has 6 nitrogen and oxygen atoms in total. The minimum Gasteiger partial charge on any atom is -0.481 e. The van der Waals surface area contributed by atoms with Crippen molar-refractivity contribution in [3.8, 4) is 0 Å². The molecule has 0 fully saturated rings. The second kappa shape index (κ2) is 8.19. The lowest BCUT2D eigenvalue weighted by Crippen LogP contribution is -2.30. The van der Waals surface area contributed by atoms with Crippen LogP contribution in [0.25, 0.3) is 0 Å². The second-order valence-electron chi connectivity index (χ2n) is 3.24. The van der Waals surface area contributed by atoms with E-state index in [2.05, 4.69) is 5.32 Å². The van der Waals surface area contributed by atoms with E-state index in [0.29, 0.717) is 19.4 Å². The molecule has 6 heteroatoms. The van der Waals surface area contributed by atoms with Crippen LogP contribution >= 0.6 is 0 Å². The SMILES string of the molecule is NCCCC(CC(=O)NCCO)C(=O)O. The predicted molar refractivity (Wildman–Crippen MR) is 54.1 cm³/mol. The van der Waals surface area contributed by atoms with Crippen molar-refractivity contribution in [3.63, 3.8) is 0 Å². The molecule has 0 saturated carbocycles. The number of hydrogen-bond acceptors (Lipinski definition) is 4. The Kier molecular flexibility index (Phi) is 7.57. The van der Waals surface area contributed by atoms with Gasteiger partial charge in [-0.25, -0.2) is 0 Å². The summed E-state index contributed by atoms with van der Waals surface area (Å²) in [6.07, 6.45) is 0.929. The Morgan fingerprint density at radius 3 is 2.53 bits per heavy atom. The zero-order valence-electron chi connectivity index (χ0n) is 8.61. The van der Waals surface area contributed by atoms with Crippen molar-refractivity contribution >= 4 is 11.9 Å². The molecule has 0 aliphatic carbocycles. The van der Waals surface area contributed by atoms with Gasteiger partial charge in [0.2, 0.25) is 5.91 Å². The molecule has 0 aromatic carbocycles. The summed E-state index contributed by atoms with van der Waals surface area (Å²) < 4.78 is 0. The molecule has 0 rings (SSSR count). The number of rotatable bonds is 8. The summed E-state index contributed by atoms with van der Waals surface area (Å²) in [5.41, 5.74) is 5.26. The van der Waals surface area contributed by atoms with E-state index in [0.717, 1.165) is 0 Å². The van der Waals surface area contributed by atoms with Crippen LogP contribution in [0.1, 0.15) is 19.3 Å². The normalized spacial score (nSPS) is 12.1. The highest BCUT2D eigenvalue weighted by Crippen LogP contribution is 2.10. The number of carboxylic acid groups (broad SMARTS) is 1. The Morgan fingerprint density at radius 2 is 2.07 bits per heavy atom. The molecule has 88 valence electrons. The molecule has 5 N–H and O–H groups in total. The molecule has 0 spiro atoms. The van der Waals surface area contributed by atoms with Gasteiger partial charge in [0.25, 0.3) is 0 Å². The molecule has 1 amide bonds. The van der Waals surface area contributed by atoms with Crippen molar-refractivity contribution < 1.29 is 19.8 Å². The van der Waals surface area contributed by atoms with Crippen LogP contribution in [-0.2, 0) is 9.59 Å². The average molecular weight is 218 g/mol. The molecular formula is C9H18N2O4. The first-order valence-electron chi connectivity index (χ1n) is 4.92. The number of hydrogen-bond donors (Lipinski definition) is 4. The van der Waals surface area contributed by atoms with Crippen molar-refractivity contribution in [2.24, 2.45) is 11.7 Å². The first-order valence-corrected chi connectivity index (χ1v) is 4.92. The van der Waals surface area contributed by atoms with Crippen molar-refractivity contribution in [2.75, 3.05) is 19.7 Å². The van der Waals surface area contributed by atoms with E-state index < -0.39 is 11.9 Å². The predicted octanol–water partition coefficient (Wildman–Crippen LogP) is -1.08. The van der Waals surface area contributed by atoms with E-state index in [9.17, 15) is 9.59 Å². The number of carbonyl (C=O) groups is 2. The van der Waals surface area contributed by atoms with E-state index in [1.807, 2.05) is 0 Å². The fourth-order valence-electron chi connectivity index (χ4n) is 1.17. The molecule has 0 aromatic rings. The summed E-state index contributed by atoms with van der Waals surface area (Å²) in [6, 6.07) is 0. The van der Waals surface area contributed by atoms with E-state index in [1.54, 1.807) is 0 Å². The highest BCUT2D eigenvalue weighted by Gasteiger charge is 2.20. The summed E-state index contributed by atoms with van der Waals surface area (Å²) in [6.45, 7) is 0.427. The maximum Gasteiger partial charge on any atom is 0.307 e. The number of amides is 1. The van der Waals surface area contributed by atoms with Gasteiger partial charge in [-0.2, -0.15) is 0 Å². The summed E-state index contributed by atoms with van der Waals surface area (Å²) in [5.74, 6) is -2.02. The van der Waals surface area contributed by atoms with Crippen molar-refractivity contribution in [1.29, 1.82) is 0 Å². The number of nitrogens with two attached hydrogens (primary N) is 1. The van der Waals surface area contributed by atoms with Crippen molar-refractivity contribution in [3.05, 3.63) is 0 Å². The molecule has 1 unspecified atom stereocenters. The molecule has 0 aliphatic rings. The highest BCUT2D eigenvalue weighted by atomic mass is 16.4. The van der Waals surface area contributed by atoms with Gasteiger partial charge in [-0.05, 0) is 19.4 Å². The van der Waals surface area contributed by atoms with Gasteiger partial charge in [0.15, 0.2) is 0 Å². The summed E-state index contributed by atoms with van der Waals surface area (Å²) in [5, 5.41) is 19.7. The second-order valence-corrected chi connectivity index (χ2v) is 3.24. The Bertz CT molecular complexity index is 208. The molecule has 0 aliphatic heterocycles. The number of aliphatic hydroxyl groups excluding tert-OH is 1. The van der Waals surface area contributed by atoms with E-state index in [-0.39, 0.29) is 25.5 Å². The van der Waals surface area contributed by atoms with E-state index in [1.165, 1.54) is 0 Å². The number of nitrogens with one attached hydrogen (secondary N) is 1. The zero-order valence-corrected chi connectivity index (χ0v) is 8.61. The maximum absolute atomic E-state index is 11.2. The number of aliphatic hydroxyl groups is 1. The van der Waals surface area contributed by atoms with Crippen LogP contribution in [0, 0.1) is 5.92 Å². The molecule has 0 aromatic heterocycles. The van der Waals surface area contributed by atoms with Crippen LogP contribution in [0.3, 0.4) is 0 Å². The topological polar surface area (TPSA) is 113 Å². The molecule has 1 atom stereocenters. The van der Waals surface area contributed by atoms with Gasteiger partial charge < -0.3 is 21.3 Å². The Balaban J connectivity index is 3.93. The number of carbonyl (C=O) groups excluding carboxylic acids is 1. The van der Waals surface area contributed by atoms with Gasteiger partial charge in [0, 0.05) is 13.0 Å². The summed E-state index contributed by atoms with van der Waals surface area (Å²) >= 11 is 0. The quantitative estimate of drug-likeness (QED) is 0.414. The van der Waals surface area contributed by atoms with Gasteiger partial charge >= 0.3 is 5.97 Å². The van der Waals surface area contributed by atoms with Crippen LogP contribution in [0.15, 0.2) is 0 Å². The van der Waals surface area contributed by atoms with Crippen LogP contribution in [-0.4, -0.2) is 41.8 Å². The van der Waals surface area contributed by atoms with Crippen LogP contribution in [0.4, 0.5) is 0 Å². The molecular weight excluding hydrogens is 200 g/mol. The third-order valence-corrected chi connectivity index (χ3v) is 1.97. The van der Waals surface area contributed by atoms with E-state index >= 15 is 0 Å². The van der Waals surface area contributed by atoms with Gasteiger partial charge in [-0.1, -0.05) is 0 Å². The van der Waals surface area contributed by atoms with Gasteiger partial charge in [0.1, 0.15) is 0 Å². The van der Waals surface area contributed by atoms with Crippen molar-refractivity contribution in [2.45, 2.75) is 19.3 Å². The molecule has 0 saturated heterocycles. The third-order valence-electron chi connectivity index (χ3n) is 1.97. The third kappa shape index (κ3) is 6.87. The fourth-order valence-corrected chi connectivity index (χ4v) is 1.17. The first-order chi connectivity index (χ1) is 7.11. The van der Waals surface area contributed by atoms with Gasteiger partial charge in [-0.3, -0.25) is 9.59 Å². The molecule has 0 heterocycles. The number of aliphatic carboxylic acids is 1. The van der Waals surface area contributed by atoms with Gasteiger partial charge in [-0.15, -0.1) is 0 Å². The van der Waals surface area contributed by atoms with Crippen LogP contribution in [0.2, 0.25) is 0 Å². The standard InChI is InChI=1S/C9H18N2O4/c10-3-1-2-7(9(14)15)6-8(13)11-4-5-12/h7,12H,1-6,10H2,(H,11,13)(H,14,15). The molecule has 15 heavy (non-hydrogen) atoms. The maximum atomic E-state index is 11.2.